The van der Waals surface area contributed by atoms with Gasteiger partial charge < -0.3 is 20.5 Å². The Morgan fingerprint density at radius 1 is 1.10 bits per heavy atom. The van der Waals surface area contributed by atoms with Gasteiger partial charge in [0.05, 0.1) is 24.5 Å². The standard InChI is InChI=1S/C29H27FN8O3/c1-16-12-32-23-5-4-20(11-21(16)23)36(2)29(41)25-10-19(30)14-37(25)26(39)15-38-24-6-3-17(18-7-8-33-34-13-18)9-22(24)27(35-38)28(31)40/h3-9,11-13,19,25,32H,10,14-15H2,1-2H3,(H2,31,40)/t19-,25+/m1/s1. The van der Waals surface area contributed by atoms with E-state index in [0.717, 1.165) is 27.6 Å². The normalized spacial score (nSPS) is 16.9. The van der Waals surface area contributed by atoms with Gasteiger partial charge in [0.1, 0.15) is 18.8 Å². The summed E-state index contributed by atoms with van der Waals surface area (Å²) < 4.78 is 16.0. The lowest BCUT2D eigenvalue weighted by molar-refractivity contribution is -0.138. The fourth-order valence-electron chi connectivity index (χ4n) is 5.44. The number of aromatic nitrogens is 5. The molecule has 208 valence electrons. The zero-order chi connectivity index (χ0) is 28.8. The first-order chi connectivity index (χ1) is 19.7. The van der Waals surface area contributed by atoms with Crippen molar-refractivity contribution in [2.75, 3.05) is 18.5 Å². The summed E-state index contributed by atoms with van der Waals surface area (Å²) in [5.74, 6) is -1.62. The number of nitrogens with zero attached hydrogens (tertiary/aromatic N) is 6. The number of amides is 3. The first-order valence-electron chi connectivity index (χ1n) is 13.1. The van der Waals surface area contributed by atoms with Crippen molar-refractivity contribution in [1.82, 2.24) is 29.9 Å². The van der Waals surface area contributed by atoms with Gasteiger partial charge in [-0.1, -0.05) is 6.07 Å². The lowest BCUT2D eigenvalue weighted by atomic mass is 10.0. The minimum absolute atomic E-state index is 0.00394. The van der Waals surface area contributed by atoms with Crippen molar-refractivity contribution in [3.05, 3.63) is 72.3 Å². The summed E-state index contributed by atoms with van der Waals surface area (Å²) in [5, 5.41) is 13.4. The van der Waals surface area contributed by atoms with E-state index in [0.29, 0.717) is 16.6 Å². The van der Waals surface area contributed by atoms with E-state index in [1.165, 1.54) is 14.5 Å². The van der Waals surface area contributed by atoms with Crippen LogP contribution >= 0.6 is 0 Å². The number of halogens is 1. The molecule has 1 fully saturated rings. The second kappa shape index (κ2) is 10.1. The number of hydrogen-bond donors (Lipinski definition) is 2. The van der Waals surface area contributed by atoms with Gasteiger partial charge in [0.15, 0.2) is 5.69 Å². The molecule has 0 aliphatic carbocycles. The molecular weight excluding hydrogens is 527 g/mol. The smallest absolute Gasteiger partial charge is 0.269 e. The number of likely N-dealkylation sites (N-methyl/N-ethyl adjacent to an activating group) is 1. The summed E-state index contributed by atoms with van der Waals surface area (Å²) in [4.78, 5) is 45.2. The third kappa shape index (κ3) is 4.66. The van der Waals surface area contributed by atoms with Crippen molar-refractivity contribution >= 4 is 45.2 Å². The number of hydrogen-bond acceptors (Lipinski definition) is 6. The number of carbonyl (C=O) groups is 3. The number of H-pyrrole nitrogens is 1. The molecule has 4 heterocycles. The molecule has 1 aliphatic heterocycles. The monoisotopic (exact) mass is 554 g/mol. The molecule has 5 aromatic rings. The third-order valence-electron chi connectivity index (χ3n) is 7.63. The highest BCUT2D eigenvalue weighted by Crippen LogP contribution is 2.29. The molecule has 3 amide bonds. The van der Waals surface area contributed by atoms with Gasteiger partial charge in [0.2, 0.25) is 11.8 Å². The molecule has 3 aromatic heterocycles. The number of aryl methyl sites for hydroxylation is 1. The third-order valence-corrected chi connectivity index (χ3v) is 7.63. The van der Waals surface area contributed by atoms with Crippen LogP contribution in [0, 0.1) is 6.92 Å². The topological polar surface area (TPSA) is 143 Å². The number of nitrogens with two attached hydrogens (primary N) is 1. The van der Waals surface area contributed by atoms with Crippen LogP contribution in [0.15, 0.2) is 61.1 Å². The molecule has 0 bridgehead atoms. The van der Waals surface area contributed by atoms with E-state index in [1.54, 1.807) is 37.6 Å². The maximum Gasteiger partial charge on any atom is 0.269 e. The van der Waals surface area contributed by atoms with Gasteiger partial charge in [-0.15, -0.1) is 0 Å². The minimum atomic E-state index is -1.34. The Hall–Kier alpha value is -5.13. The van der Waals surface area contributed by atoms with Gasteiger partial charge in [-0.2, -0.15) is 15.3 Å². The Kier molecular flexibility index (Phi) is 6.45. The van der Waals surface area contributed by atoms with Crippen LogP contribution in [0.5, 0.6) is 0 Å². The zero-order valence-electron chi connectivity index (χ0n) is 22.4. The van der Waals surface area contributed by atoms with E-state index in [4.69, 9.17) is 5.73 Å². The maximum absolute atomic E-state index is 14.7. The predicted molar refractivity (Wildman–Crippen MR) is 151 cm³/mol. The molecule has 2 aromatic carbocycles. The van der Waals surface area contributed by atoms with Crippen LogP contribution in [0.3, 0.4) is 0 Å². The molecule has 6 rings (SSSR count). The van der Waals surface area contributed by atoms with Gasteiger partial charge in [-0.05, 0) is 54.4 Å². The number of alkyl halides is 1. The number of carbonyl (C=O) groups excluding carboxylic acids is 3. The van der Waals surface area contributed by atoms with Gasteiger partial charge in [-0.3, -0.25) is 19.1 Å². The molecule has 0 saturated carbocycles. The Labute approximate surface area is 233 Å². The van der Waals surface area contributed by atoms with Crippen LogP contribution in [0.1, 0.15) is 22.5 Å². The molecular formula is C29H27FN8O3. The summed E-state index contributed by atoms with van der Waals surface area (Å²) in [6, 6.07) is 11.7. The number of primary amides is 1. The molecule has 1 aliphatic rings. The van der Waals surface area contributed by atoms with Gasteiger partial charge >= 0.3 is 0 Å². The van der Waals surface area contributed by atoms with Crippen molar-refractivity contribution < 1.29 is 18.8 Å². The Morgan fingerprint density at radius 3 is 2.68 bits per heavy atom. The molecule has 2 atom stereocenters. The average Bonchev–Trinajstić information content (AvgIpc) is 3.67. The fourth-order valence-corrected chi connectivity index (χ4v) is 5.44. The zero-order valence-corrected chi connectivity index (χ0v) is 22.4. The number of likely N-dealkylation sites (tertiary alicyclic amines) is 1. The largest absolute Gasteiger partial charge is 0.364 e. The van der Waals surface area contributed by atoms with Crippen LogP contribution in [0.4, 0.5) is 10.1 Å². The van der Waals surface area contributed by atoms with Crippen LogP contribution in [0.25, 0.3) is 32.9 Å². The molecule has 41 heavy (non-hydrogen) atoms. The quantitative estimate of drug-likeness (QED) is 0.330. The maximum atomic E-state index is 14.7. The van der Waals surface area contributed by atoms with Crippen molar-refractivity contribution in [2.24, 2.45) is 5.73 Å². The van der Waals surface area contributed by atoms with E-state index in [-0.39, 0.29) is 31.1 Å². The second-order valence-electron chi connectivity index (χ2n) is 10.2. The first kappa shape index (κ1) is 26.1. The van der Waals surface area contributed by atoms with Crippen molar-refractivity contribution in [3.63, 3.8) is 0 Å². The van der Waals surface area contributed by atoms with Crippen LogP contribution in [-0.2, 0) is 16.1 Å². The fraction of sp³-hybridized carbons (Fsp3) is 0.241. The molecule has 11 nitrogen and oxygen atoms in total. The number of fused-ring (bicyclic) bond motifs is 2. The van der Waals surface area contributed by atoms with E-state index in [1.807, 2.05) is 37.4 Å². The number of anilines is 1. The second-order valence-corrected chi connectivity index (χ2v) is 10.2. The Balaban J connectivity index is 1.27. The van der Waals surface area contributed by atoms with Crippen molar-refractivity contribution in [2.45, 2.75) is 32.1 Å². The highest BCUT2D eigenvalue weighted by Gasteiger charge is 2.41. The number of aromatic amines is 1. The van der Waals surface area contributed by atoms with Gasteiger partial charge in [0.25, 0.3) is 5.91 Å². The number of nitrogens with one attached hydrogen (secondary N) is 1. The summed E-state index contributed by atoms with van der Waals surface area (Å²) in [7, 11) is 1.62. The summed E-state index contributed by atoms with van der Waals surface area (Å²) >= 11 is 0. The van der Waals surface area contributed by atoms with E-state index in [9.17, 15) is 18.8 Å². The number of rotatable bonds is 6. The van der Waals surface area contributed by atoms with Crippen molar-refractivity contribution in [3.8, 4) is 11.1 Å². The van der Waals surface area contributed by atoms with E-state index in [2.05, 4.69) is 20.3 Å². The lowest BCUT2D eigenvalue weighted by Crippen LogP contribution is -2.47. The average molecular weight is 555 g/mol. The summed E-state index contributed by atoms with van der Waals surface area (Å²) in [6.07, 6.45) is 3.59. The van der Waals surface area contributed by atoms with Crippen molar-refractivity contribution in [1.29, 1.82) is 0 Å². The predicted octanol–water partition coefficient (Wildman–Crippen LogP) is 2.98. The molecule has 1 saturated heterocycles. The van der Waals surface area contributed by atoms with E-state index < -0.39 is 24.0 Å². The molecule has 3 N–H and O–H groups in total. The highest BCUT2D eigenvalue weighted by atomic mass is 19.1. The molecule has 0 spiro atoms. The van der Waals surface area contributed by atoms with Gasteiger partial charge in [-0.25, -0.2) is 4.39 Å². The molecule has 0 unspecified atom stereocenters. The molecule has 12 heteroatoms. The van der Waals surface area contributed by atoms with E-state index >= 15 is 0 Å². The Morgan fingerprint density at radius 2 is 1.93 bits per heavy atom. The lowest BCUT2D eigenvalue weighted by Gasteiger charge is -2.28. The SMILES string of the molecule is Cc1c[nH]c2ccc(N(C)C(=O)[C@@H]3C[C@@H](F)CN3C(=O)Cn3nc(C(N)=O)c4cc(-c5ccnnc5)ccc43)cc12. The van der Waals surface area contributed by atoms with Crippen LogP contribution in [0.2, 0.25) is 0 Å². The van der Waals surface area contributed by atoms with Crippen LogP contribution < -0.4 is 10.6 Å². The van der Waals surface area contributed by atoms with Gasteiger partial charge in [0, 0.05) is 47.2 Å². The highest BCUT2D eigenvalue weighted by molar-refractivity contribution is 6.05. The van der Waals surface area contributed by atoms with Crippen LogP contribution in [-0.4, -0.2) is 73.4 Å². The number of benzene rings is 2. The summed E-state index contributed by atoms with van der Waals surface area (Å²) in [6.45, 7) is 1.46. The first-order valence-corrected chi connectivity index (χ1v) is 13.1. The minimum Gasteiger partial charge on any atom is -0.364 e. The Bertz CT molecular complexity index is 1820. The summed E-state index contributed by atoms with van der Waals surface area (Å²) in [5.41, 5.74) is 10.3. The molecule has 0 radical (unpaired) electrons.